The van der Waals surface area contributed by atoms with Crippen LogP contribution < -0.4 is 9.64 Å². The van der Waals surface area contributed by atoms with Crippen molar-refractivity contribution in [1.29, 1.82) is 0 Å². The third kappa shape index (κ3) is 3.50. The molecule has 0 amide bonds. The number of carbonyl (C=O) groups is 3. The van der Waals surface area contributed by atoms with Crippen LogP contribution in [0.2, 0.25) is 5.02 Å². The summed E-state index contributed by atoms with van der Waals surface area (Å²) in [5, 5.41) is 0.420. The first-order valence-electron chi connectivity index (χ1n) is 13.2. The van der Waals surface area contributed by atoms with Crippen LogP contribution in [0, 0.1) is 11.2 Å². The quantitative estimate of drug-likeness (QED) is 0.202. The first-order valence-corrected chi connectivity index (χ1v) is 13.6. The Bertz CT molecular complexity index is 1780. The largest absolute Gasteiger partial charge is 0.497 e. The van der Waals surface area contributed by atoms with E-state index in [4.69, 9.17) is 16.3 Å². The van der Waals surface area contributed by atoms with Crippen LogP contribution in [0.1, 0.15) is 48.1 Å². The summed E-state index contributed by atoms with van der Waals surface area (Å²) in [4.78, 5) is 45.8. The lowest BCUT2D eigenvalue weighted by Crippen LogP contribution is -2.48. The summed E-state index contributed by atoms with van der Waals surface area (Å²) in [6.07, 6.45) is 3.50. The summed E-state index contributed by atoms with van der Waals surface area (Å²) < 4.78 is 19.8. The van der Waals surface area contributed by atoms with E-state index in [2.05, 4.69) is 0 Å². The van der Waals surface area contributed by atoms with Crippen molar-refractivity contribution >= 4 is 40.7 Å². The lowest BCUT2D eigenvalue weighted by molar-refractivity contribution is 0.0666. The summed E-state index contributed by atoms with van der Waals surface area (Å²) in [5.41, 5.74) is 1.10. The predicted molar refractivity (Wildman–Crippen MR) is 155 cm³/mol. The van der Waals surface area contributed by atoms with Gasteiger partial charge in [0.2, 0.25) is 0 Å². The standard InChI is InChI=1S/C34H23ClFNO4/c1-41-24-9-5-7-21(18-24)31(38)30-29(20-6-4-8-22(35)16-20)34(32(39)25-10-2-3-11-26(25)33(34)40)28-15-12-19-17-23(36)13-14-27(19)37(28)30/h2-18,28-30H,1H3/t28?,29-,30+/m1/s1. The minimum atomic E-state index is -1.66. The molecule has 2 heterocycles. The molecule has 7 rings (SSSR count). The van der Waals surface area contributed by atoms with Crippen LogP contribution in [0.3, 0.4) is 0 Å². The Morgan fingerprint density at radius 1 is 0.902 bits per heavy atom. The number of halogens is 2. The molecule has 3 aliphatic rings. The van der Waals surface area contributed by atoms with Crippen molar-refractivity contribution in [3.8, 4) is 5.75 Å². The van der Waals surface area contributed by atoms with Crippen molar-refractivity contribution in [3.05, 3.63) is 136 Å². The van der Waals surface area contributed by atoms with Gasteiger partial charge in [0.05, 0.1) is 13.2 Å². The Kier molecular flexibility index (Phi) is 5.73. The molecule has 0 radical (unpaired) electrons. The topological polar surface area (TPSA) is 63.7 Å². The van der Waals surface area contributed by atoms with Gasteiger partial charge in [-0.15, -0.1) is 0 Å². The average Bonchev–Trinajstić information content (AvgIpc) is 3.42. The highest BCUT2D eigenvalue weighted by Gasteiger charge is 2.71. The number of methoxy groups -OCH3 is 1. The van der Waals surface area contributed by atoms with Gasteiger partial charge in [0.15, 0.2) is 17.3 Å². The zero-order valence-corrected chi connectivity index (χ0v) is 22.6. The van der Waals surface area contributed by atoms with Gasteiger partial charge < -0.3 is 9.64 Å². The molecule has 0 saturated carbocycles. The SMILES string of the molecule is COc1cccc(C(=O)[C@@H]2[C@@H](c3cccc(Cl)c3)C3(C(=O)c4ccccc4C3=O)C3C=Cc4cc(F)ccc4N32)c1. The monoisotopic (exact) mass is 563 g/mol. The number of nitrogens with zero attached hydrogens (tertiary/aromatic N) is 1. The molecule has 0 bridgehead atoms. The van der Waals surface area contributed by atoms with E-state index in [-0.39, 0.29) is 17.3 Å². The average molecular weight is 564 g/mol. The maximum atomic E-state index is 14.7. The number of rotatable bonds is 4. The zero-order chi connectivity index (χ0) is 28.5. The maximum absolute atomic E-state index is 14.7. The highest BCUT2D eigenvalue weighted by atomic mass is 35.5. The molecular formula is C34H23ClFNO4. The molecule has 1 aliphatic carbocycles. The predicted octanol–water partition coefficient (Wildman–Crippen LogP) is 6.80. The third-order valence-electron chi connectivity index (χ3n) is 8.60. The maximum Gasteiger partial charge on any atom is 0.186 e. The van der Waals surface area contributed by atoms with Crippen molar-refractivity contribution in [2.75, 3.05) is 12.0 Å². The van der Waals surface area contributed by atoms with Gasteiger partial charge in [-0.3, -0.25) is 14.4 Å². The van der Waals surface area contributed by atoms with E-state index in [1.54, 1.807) is 91.0 Å². The van der Waals surface area contributed by atoms with E-state index >= 15 is 0 Å². The number of carbonyl (C=O) groups excluding carboxylic acids is 3. The second-order valence-corrected chi connectivity index (χ2v) is 11.0. The second kappa shape index (κ2) is 9.25. The molecule has 4 aromatic carbocycles. The van der Waals surface area contributed by atoms with Crippen molar-refractivity contribution in [2.24, 2.45) is 5.41 Å². The number of hydrogen-bond acceptors (Lipinski definition) is 5. The van der Waals surface area contributed by atoms with Gasteiger partial charge in [0.25, 0.3) is 0 Å². The van der Waals surface area contributed by atoms with Gasteiger partial charge in [-0.1, -0.05) is 72.3 Å². The van der Waals surface area contributed by atoms with Gasteiger partial charge in [-0.05, 0) is 48.0 Å². The van der Waals surface area contributed by atoms with Gasteiger partial charge in [0.1, 0.15) is 23.0 Å². The third-order valence-corrected chi connectivity index (χ3v) is 8.83. The fraction of sp³-hybridized carbons (Fsp3) is 0.147. The first-order chi connectivity index (χ1) is 19.9. The highest BCUT2D eigenvalue weighted by Crippen LogP contribution is 2.61. The molecule has 2 aliphatic heterocycles. The van der Waals surface area contributed by atoms with Crippen molar-refractivity contribution in [1.82, 2.24) is 0 Å². The number of hydrogen-bond donors (Lipinski definition) is 0. The lowest BCUT2D eigenvalue weighted by atomic mass is 9.64. The molecule has 202 valence electrons. The van der Waals surface area contributed by atoms with E-state index in [1.807, 2.05) is 4.90 Å². The van der Waals surface area contributed by atoms with Gasteiger partial charge in [0, 0.05) is 38.9 Å². The fourth-order valence-corrected chi connectivity index (χ4v) is 7.17. The van der Waals surface area contributed by atoms with Gasteiger partial charge >= 0.3 is 0 Å². The smallest absolute Gasteiger partial charge is 0.186 e. The molecule has 1 spiro atoms. The van der Waals surface area contributed by atoms with Crippen molar-refractivity contribution in [3.63, 3.8) is 0 Å². The number of benzene rings is 4. The normalized spacial score (nSPS) is 21.5. The molecule has 1 fully saturated rings. The minimum Gasteiger partial charge on any atom is -0.497 e. The van der Waals surface area contributed by atoms with Crippen molar-refractivity contribution in [2.45, 2.75) is 18.0 Å². The van der Waals surface area contributed by atoms with Crippen LogP contribution in [-0.2, 0) is 0 Å². The highest BCUT2D eigenvalue weighted by molar-refractivity contribution is 6.33. The number of anilines is 1. The molecule has 3 atom stereocenters. The number of fused-ring (bicyclic) bond motifs is 5. The van der Waals surface area contributed by atoms with E-state index in [0.29, 0.717) is 44.3 Å². The molecule has 0 N–H and O–H groups in total. The molecule has 41 heavy (non-hydrogen) atoms. The van der Waals surface area contributed by atoms with Crippen LogP contribution in [0.5, 0.6) is 5.75 Å². The van der Waals surface area contributed by atoms with Crippen LogP contribution in [0.4, 0.5) is 10.1 Å². The molecular weight excluding hydrogens is 541 g/mol. The van der Waals surface area contributed by atoms with E-state index < -0.39 is 29.2 Å². The number of ketones is 3. The second-order valence-electron chi connectivity index (χ2n) is 10.6. The number of Topliss-reactive ketones (excluding diaryl/α,β-unsaturated/α-hetero) is 3. The summed E-state index contributed by atoms with van der Waals surface area (Å²) >= 11 is 6.47. The van der Waals surface area contributed by atoms with Gasteiger partial charge in [-0.25, -0.2) is 4.39 Å². The van der Waals surface area contributed by atoms with E-state index in [1.165, 1.54) is 19.2 Å². The molecule has 0 aromatic heterocycles. The van der Waals surface area contributed by atoms with Crippen molar-refractivity contribution < 1.29 is 23.5 Å². The Morgan fingerprint density at radius 2 is 1.63 bits per heavy atom. The van der Waals surface area contributed by atoms with E-state index in [0.717, 1.165) is 0 Å². The fourth-order valence-electron chi connectivity index (χ4n) is 6.97. The molecule has 5 nitrogen and oxygen atoms in total. The Balaban J connectivity index is 1.55. The summed E-state index contributed by atoms with van der Waals surface area (Å²) in [5.74, 6) is -1.80. The lowest BCUT2D eigenvalue weighted by Gasteiger charge is -2.37. The van der Waals surface area contributed by atoms with Gasteiger partial charge in [-0.2, -0.15) is 0 Å². The molecule has 1 saturated heterocycles. The van der Waals surface area contributed by atoms with Crippen LogP contribution in [0.15, 0.2) is 97.1 Å². The summed E-state index contributed by atoms with van der Waals surface area (Å²) in [6.45, 7) is 0. The zero-order valence-electron chi connectivity index (χ0n) is 21.9. The Labute approximate surface area is 240 Å². The first kappa shape index (κ1) is 25.4. The van der Waals surface area contributed by atoms with E-state index in [9.17, 15) is 18.8 Å². The van der Waals surface area contributed by atoms with Crippen LogP contribution >= 0.6 is 11.6 Å². The Morgan fingerprint density at radius 3 is 2.34 bits per heavy atom. The number of ether oxygens (including phenoxy) is 1. The molecule has 1 unspecified atom stereocenters. The summed E-state index contributed by atoms with van der Waals surface area (Å²) in [7, 11) is 1.52. The summed E-state index contributed by atoms with van der Waals surface area (Å²) in [6, 6.07) is 23.1. The van der Waals surface area contributed by atoms with Crippen LogP contribution in [-0.4, -0.2) is 36.5 Å². The minimum absolute atomic E-state index is 0.294. The van der Waals surface area contributed by atoms with Crippen LogP contribution in [0.25, 0.3) is 6.08 Å². The molecule has 7 heteroatoms. The Hall–Kier alpha value is -4.55. The molecule has 4 aromatic rings.